The molecule has 3 atom stereocenters. The Morgan fingerprint density at radius 1 is 1.26 bits per heavy atom. The third-order valence-corrected chi connectivity index (χ3v) is 5.53. The molecule has 1 N–H and O–H groups in total. The molecule has 0 spiro atoms. The first-order valence-corrected chi connectivity index (χ1v) is 9.98. The molecule has 5 nitrogen and oxygen atoms in total. The Kier molecular flexibility index (Phi) is 6.22. The van der Waals surface area contributed by atoms with Crippen LogP contribution in [0.4, 0.5) is 0 Å². The molecule has 0 radical (unpaired) electrons. The van der Waals surface area contributed by atoms with Crippen LogP contribution in [0.25, 0.3) is 10.9 Å². The summed E-state index contributed by atoms with van der Waals surface area (Å²) in [6, 6.07) is 4.22. The van der Waals surface area contributed by atoms with Gasteiger partial charge in [-0.25, -0.2) is 4.79 Å². The third-order valence-electron chi connectivity index (χ3n) is 5.53. The van der Waals surface area contributed by atoms with Crippen molar-refractivity contribution in [3.05, 3.63) is 34.5 Å². The number of rotatable bonds is 8. The van der Waals surface area contributed by atoms with E-state index in [0.717, 1.165) is 35.7 Å². The van der Waals surface area contributed by atoms with Gasteiger partial charge in [0.25, 0.3) is 0 Å². The number of esters is 1. The first kappa shape index (κ1) is 19.9. The Bertz CT molecular complexity index is 810. The van der Waals surface area contributed by atoms with Gasteiger partial charge in [-0.2, -0.15) is 0 Å². The predicted octanol–water partition coefficient (Wildman–Crippen LogP) is 5.42. The van der Waals surface area contributed by atoms with Gasteiger partial charge in [0.2, 0.25) is 0 Å². The molecule has 1 aromatic heterocycles. The van der Waals surface area contributed by atoms with E-state index in [9.17, 15) is 4.79 Å². The first-order chi connectivity index (χ1) is 13.0. The lowest BCUT2D eigenvalue weighted by molar-refractivity contribution is -0.0755. The number of carbonyl (C=O) groups is 1. The standard InChI is InChI=1S/C22H31NO4/c1-6-8-19(27-12-25-5)16-10-15-13(3)9-14(4)20(15)21-17(16)11-18(23-21)22(24)26-7-2/h10-11,13-14,19,23H,6-9,12H2,1-5H3/t13-,14-,19?/m0/s1. The Hall–Kier alpha value is -1.85. The average Bonchev–Trinajstić information content (AvgIpc) is 3.20. The number of H-pyrrole nitrogens is 1. The molecule has 0 bridgehead atoms. The van der Waals surface area contributed by atoms with E-state index in [0.29, 0.717) is 24.1 Å². The zero-order chi connectivity index (χ0) is 19.6. The number of benzene rings is 1. The van der Waals surface area contributed by atoms with Crippen molar-refractivity contribution in [3.8, 4) is 0 Å². The smallest absolute Gasteiger partial charge is 0.354 e. The van der Waals surface area contributed by atoms with Crippen LogP contribution >= 0.6 is 0 Å². The Morgan fingerprint density at radius 2 is 2.04 bits per heavy atom. The van der Waals surface area contributed by atoms with Crippen molar-refractivity contribution in [2.75, 3.05) is 20.5 Å². The van der Waals surface area contributed by atoms with E-state index in [2.05, 4.69) is 31.8 Å². The first-order valence-electron chi connectivity index (χ1n) is 9.98. The second kappa shape index (κ2) is 8.44. The zero-order valence-corrected chi connectivity index (χ0v) is 17.1. The summed E-state index contributed by atoms with van der Waals surface area (Å²) in [6.45, 7) is 9.13. The van der Waals surface area contributed by atoms with Crippen molar-refractivity contribution in [2.45, 2.75) is 64.9 Å². The van der Waals surface area contributed by atoms with Crippen molar-refractivity contribution in [2.24, 2.45) is 0 Å². The van der Waals surface area contributed by atoms with E-state index in [-0.39, 0.29) is 18.9 Å². The lowest BCUT2D eigenvalue weighted by atomic mass is 9.92. The number of hydrogen-bond acceptors (Lipinski definition) is 4. The molecule has 0 saturated carbocycles. The van der Waals surface area contributed by atoms with Gasteiger partial charge in [-0.3, -0.25) is 0 Å². The fraction of sp³-hybridized carbons (Fsp3) is 0.591. The minimum absolute atomic E-state index is 0.0586. The highest BCUT2D eigenvalue weighted by atomic mass is 16.7. The lowest BCUT2D eigenvalue weighted by Gasteiger charge is -2.20. The van der Waals surface area contributed by atoms with E-state index in [1.54, 1.807) is 7.11 Å². The van der Waals surface area contributed by atoms with Gasteiger partial charge in [-0.05, 0) is 54.4 Å². The van der Waals surface area contributed by atoms with Crippen LogP contribution in [0.3, 0.4) is 0 Å². The second-order valence-electron chi connectivity index (χ2n) is 7.55. The molecular formula is C22H31NO4. The Labute approximate surface area is 161 Å². The summed E-state index contributed by atoms with van der Waals surface area (Å²) in [5, 5.41) is 1.06. The predicted molar refractivity (Wildman–Crippen MR) is 106 cm³/mol. The largest absolute Gasteiger partial charge is 0.461 e. The fourth-order valence-corrected chi connectivity index (χ4v) is 4.40. The van der Waals surface area contributed by atoms with E-state index >= 15 is 0 Å². The summed E-state index contributed by atoms with van der Waals surface area (Å²) >= 11 is 0. The van der Waals surface area contributed by atoms with Crippen molar-refractivity contribution < 1.29 is 19.0 Å². The molecule has 27 heavy (non-hydrogen) atoms. The van der Waals surface area contributed by atoms with Crippen molar-refractivity contribution in [1.82, 2.24) is 4.98 Å². The quantitative estimate of drug-likeness (QED) is 0.496. The number of methoxy groups -OCH3 is 1. The van der Waals surface area contributed by atoms with Crippen LogP contribution in [0.1, 0.15) is 92.1 Å². The molecule has 1 aliphatic rings. The molecule has 5 heteroatoms. The maximum absolute atomic E-state index is 12.3. The molecule has 1 heterocycles. The number of nitrogens with one attached hydrogen (secondary N) is 1. The third kappa shape index (κ3) is 3.76. The van der Waals surface area contributed by atoms with Crippen molar-refractivity contribution >= 4 is 16.9 Å². The van der Waals surface area contributed by atoms with Crippen LogP contribution in [0.15, 0.2) is 12.1 Å². The van der Waals surface area contributed by atoms with Crippen LogP contribution in [-0.4, -0.2) is 31.5 Å². The van der Waals surface area contributed by atoms with Crippen LogP contribution in [-0.2, 0) is 14.2 Å². The SMILES string of the molecule is CCCC(OCOC)c1cc2c(c3[nH]c(C(=O)OCC)cc13)[C@@H](C)C[C@@H]2C. The minimum atomic E-state index is -0.308. The van der Waals surface area contributed by atoms with Crippen LogP contribution in [0, 0.1) is 0 Å². The van der Waals surface area contributed by atoms with Gasteiger partial charge in [0.1, 0.15) is 12.5 Å². The van der Waals surface area contributed by atoms with Gasteiger partial charge in [-0.15, -0.1) is 0 Å². The molecule has 0 aliphatic heterocycles. The van der Waals surface area contributed by atoms with E-state index in [1.807, 2.05) is 13.0 Å². The summed E-state index contributed by atoms with van der Waals surface area (Å²) in [4.78, 5) is 15.7. The molecule has 1 aliphatic carbocycles. The number of hydrogen-bond donors (Lipinski definition) is 1. The van der Waals surface area contributed by atoms with Gasteiger partial charge in [0.15, 0.2) is 0 Å². The van der Waals surface area contributed by atoms with Crippen LogP contribution in [0.5, 0.6) is 0 Å². The van der Waals surface area contributed by atoms with Crippen molar-refractivity contribution in [1.29, 1.82) is 0 Å². The summed E-state index contributed by atoms with van der Waals surface area (Å²) in [5.74, 6) is 0.652. The zero-order valence-electron chi connectivity index (χ0n) is 17.1. The Balaban J connectivity index is 2.18. The fourth-order valence-electron chi connectivity index (χ4n) is 4.40. The van der Waals surface area contributed by atoms with Gasteiger partial charge >= 0.3 is 5.97 Å². The molecular weight excluding hydrogens is 342 g/mol. The normalized spacial score (nSPS) is 20.0. The average molecular weight is 373 g/mol. The summed E-state index contributed by atoms with van der Waals surface area (Å²) < 4.78 is 16.4. The summed E-state index contributed by atoms with van der Waals surface area (Å²) in [6.07, 6.45) is 2.98. The van der Waals surface area contributed by atoms with E-state index < -0.39 is 0 Å². The minimum Gasteiger partial charge on any atom is -0.461 e. The maximum Gasteiger partial charge on any atom is 0.354 e. The maximum atomic E-state index is 12.3. The lowest BCUT2D eigenvalue weighted by Crippen LogP contribution is -2.08. The van der Waals surface area contributed by atoms with E-state index in [4.69, 9.17) is 14.2 Å². The summed E-state index contributed by atoms with van der Waals surface area (Å²) in [7, 11) is 1.64. The topological polar surface area (TPSA) is 60.5 Å². The number of aromatic amines is 1. The second-order valence-corrected chi connectivity index (χ2v) is 7.55. The molecule has 1 aromatic carbocycles. The Morgan fingerprint density at radius 3 is 2.70 bits per heavy atom. The van der Waals surface area contributed by atoms with Gasteiger partial charge in [0, 0.05) is 12.5 Å². The molecule has 2 aromatic rings. The highest BCUT2D eigenvalue weighted by Crippen LogP contribution is 2.47. The molecule has 3 rings (SSSR count). The summed E-state index contributed by atoms with van der Waals surface area (Å²) in [5.41, 5.74) is 5.40. The number of fused-ring (bicyclic) bond motifs is 3. The molecule has 0 saturated heterocycles. The molecule has 0 amide bonds. The van der Waals surface area contributed by atoms with E-state index in [1.165, 1.54) is 11.1 Å². The van der Waals surface area contributed by atoms with Crippen LogP contribution in [0.2, 0.25) is 0 Å². The van der Waals surface area contributed by atoms with Gasteiger partial charge in [-0.1, -0.05) is 33.3 Å². The highest BCUT2D eigenvalue weighted by Gasteiger charge is 2.31. The number of aromatic nitrogens is 1. The molecule has 148 valence electrons. The number of ether oxygens (including phenoxy) is 3. The van der Waals surface area contributed by atoms with Gasteiger partial charge < -0.3 is 19.2 Å². The number of carbonyl (C=O) groups excluding carboxylic acids is 1. The highest BCUT2D eigenvalue weighted by molar-refractivity contribution is 5.98. The van der Waals surface area contributed by atoms with Crippen LogP contribution < -0.4 is 0 Å². The van der Waals surface area contributed by atoms with Crippen molar-refractivity contribution in [3.63, 3.8) is 0 Å². The van der Waals surface area contributed by atoms with Gasteiger partial charge in [0.05, 0.1) is 18.2 Å². The molecule has 0 fully saturated rings. The monoisotopic (exact) mass is 373 g/mol. The molecule has 1 unspecified atom stereocenters.